The summed E-state index contributed by atoms with van der Waals surface area (Å²) >= 11 is 0. The van der Waals surface area contributed by atoms with Crippen LogP contribution in [0.25, 0.3) is 0 Å². The van der Waals surface area contributed by atoms with E-state index in [4.69, 9.17) is 0 Å². The molecule has 21 heavy (non-hydrogen) atoms. The van der Waals surface area contributed by atoms with Crippen molar-refractivity contribution in [1.29, 1.82) is 0 Å². The molecule has 108 valence electrons. The summed E-state index contributed by atoms with van der Waals surface area (Å²) in [6.45, 7) is 2.05. The fourth-order valence-corrected chi connectivity index (χ4v) is 1.92. The number of amides is 2. The lowest BCUT2D eigenvalue weighted by Gasteiger charge is -2.08. The molecule has 4 nitrogen and oxygen atoms in total. The molecule has 0 aromatic heterocycles. The third kappa shape index (κ3) is 4.45. The number of carbonyl (C=O) groups is 2. The van der Waals surface area contributed by atoms with E-state index >= 15 is 0 Å². The van der Waals surface area contributed by atoms with Crippen LogP contribution in [-0.2, 0) is 17.6 Å². The maximum Gasteiger partial charge on any atom is 0.269 e. The lowest BCUT2D eigenvalue weighted by atomic mass is 10.1. The van der Waals surface area contributed by atoms with Gasteiger partial charge in [-0.05, 0) is 29.7 Å². The van der Waals surface area contributed by atoms with Gasteiger partial charge in [0.25, 0.3) is 5.91 Å². The van der Waals surface area contributed by atoms with E-state index in [-0.39, 0.29) is 18.2 Å². The van der Waals surface area contributed by atoms with Gasteiger partial charge in [0.15, 0.2) is 0 Å². The van der Waals surface area contributed by atoms with E-state index < -0.39 is 0 Å². The lowest BCUT2D eigenvalue weighted by molar-refractivity contribution is -0.121. The standard InChI is InChI=1S/C17H18N2O2/c1-2-13-8-10-15(11-9-13)17(21)19-18-16(20)12-14-6-4-3-5-7-14/h3-11H,2,12H2,1H3,(H,18,20)(H,19,21). The van der Waals surface area contributed by atoms with Crippen molar-refractivity contribution in [3.8, 4) is 0 Å². The Kier molecular flexibility index (Phi) is 5.10. The van der Waals surface area contributed by atoms with Crippen LogP contribution in [0.2, 0.25) is 0 Å². The largest absolute Gasteiger partial charge is 0.273 e. The maximum absolute atomic E-state index is 11.9. The van der Waals surface area contributed by atoms with Gasteiger partial charge in [0.2, 0.25) is 5.91 Å². The molecule has 2 rings (SSSR count). The normalized spacial score (nSPS) is 9.95. The van der Waals surface area contributed by atoms with Crippen molar-refractivity contribution in [1.82, 2.24) is 10.9 Å². The van der Waals surface area contributed by atoms with Crippen LogP contribution in [-0.4, -0.2) is 11.8 Å². The molecule has 0 fully saturated rings. The molecule has 0 aliphatic rings. The minimum Gasteiger partial charge on any atom is -0.273 e. The Labute approximate surface area is 124 Å². The van der Waals surface area contributed by atoms with Gasteiger partial charge >= 0.3 is 0 Å². The number of benzene rings is 2. The topological polar surface area (TPSA) is 58.2 Å². The highest BCUT2D eigenvalue weighted by Crippen LogP contribution is 2.04. The summed E-state index contributed by atoms with van der Waals surface area (Å²) in [5, 5.41) is 0. The molecule has 2 amide bonds. The minimum absolute atomic E-state index is 0.232. The van der Waals surface area contributed by atoms with Crippen LogP contribution in [0.4, 0.5) is 0 Å². The third-order valence-electron chi connectivity index (χ3n) is 3.15. The second kappa shape index (κ2) is 7.24. The quantitative estimate of drug-likeness (QED) is 0.845. The molecular weight excluding hydrogens is 264 g/mol. The fraction of sp³-hybridized carbons (Fsp3) is 0.176. The van der Waals surface area contributed by atoms with E-state index in [2.05, 4.69) is 17.8 Å². The summed E-state index contributed by atoms with van der Waals surface area (Å²) in [5.41, 5.74) is 7.42. The SMILES string of the molecule is CCc1ccc(C(=O)NNC(=O)Cc2ccccc2)cc1. The van der Waals surface area contributed by atoms with Crippen molar-refractivity contribution >= 4 is 11.8 Å². The van der Waals surface area contributed by atoms with Gasteiger partial charge in [0.1, 0.15) is 0 Å². The smallest absolute Gasteiger partial charge is 0.269 e. The van der Waals surface area contributed by atoms with Gasteiger partial charge in [-0.25, -0.2) is 0 Å². The highest BCUT2D eigenvalue weighted by molar-refractivity contribution is 5.95. The Morgan fingerprint density at radius 2 is 1.52 bits per heavy atom. The highest BCUT2D eigenvalue weighted by atomic mass is 16.2. The van der Waals surface area contributed by atoms with Gasteiger partial charge < -0.3 is 0 Å². The molecule has 0 aliphatic heterocycles. The van der Waals surface area contributed by atoms with Crippen molar-refractivity contribution in [2.75, 3.05) is 0 Å². The number of carbonyl (C=O) groups excluding carboxylic acids is 2. The van der Waals surface area contributed by atoms with E-state index in [0.29, 0.717) is 5.56 Å². The van der Waals surface area contributed by atoms with E-state index in [0.717, 1.165) is 12.0 Å². The van der Waals surface area contributed by atoms with Gasteiger partial charge in [-0.3, -0.25) is 20.4 Å². The molecular formula is C17H18N2O2. The molecule has 4 heteroatoms. The molecule has 0 saturated heterocycles. The molecule has 2 aromatic carbocycles. The van der Waals surface area contributed by atoms with Crippen LogP contribution in [0.1, 0.15) is 28.4 Å². The van der Waals surface area contributed by atoms with Crippen molar-refractivity contribution < 1.29 is 9.59 Å². The number of nitrogens with one attached hydrogen (secondary N) is 2. The average molecular weight is 282 g/mol. The summed E-state index contributed by atoms with van der Waals surface area (Å²) < 4.78 is 0. The van der Waals surface area contributed by atoms with Crippen LogP contribution in [0.3, 0.4) is 0 Å². The van der Waals surface area contributed by atoms with Crippen molar-refractivity contribution in [3.63, 3.8) is 0 Å². The van der Waals surface area contributed by atoms with Crippen LogP contribution in [0, 0.1) is 0 Å². The zero-order valence-electron chi connectivity index (χ0n) is 11.9. The molecule has 0 atom stereocenters. The first kappa shape index (κ1) is 14.8. The Balaban J connectivity index is 1.84. The van der Waals surface area contributed by atoms with Crippen molar-refractivity contribution in [2.45, 2.75) is 19.8 Å². The zero-order valence-corrected chi connectivity index (χ0v) is 11.9. The number of aryl methyl sites for hydroxylation is 1. The van der Waals surface area contributed by atoms with Gasteiger partial charge in [0, 0.05) is 5.56 Å². The fourth-order valence-electron chi connectivity index (χ4n) is 1.92. The first-order valence-corrected chi connectivity index (χ1v) is 6.91. The molecule has 0 aliphatic carbocycles. The molecule has 2 aromatic rings. The molecule has 0 radical (unpaired) electrons. The monoisotopic (exact) mass is 282 g/mol. The van der Waals surface area contributed by atoms with Crippen LogP contribution in [0.15, 0.2) is 54.6 Å². The molecule has 2 N–H and O–H groups in total. The summed E-state index contributed by atoms with van der Waals surface area (Å²) in [7, 11) is 0. The predicted octanol–water partition coefficient (Wildman–Crippen LogP) is 2.25. The predicted molar refractivity (Wildman–Crippen MR) is 81.6 cm³/mol. The average Bonchev–Trinajstić information content (AvgIpc) is 2.53. The summed E-state index contributed by atoms with van der Waals surface area (Å²) in [6.07, 6.45) is 1.16. The summed E-state index contributed by atoms with van der Waals surface area (Å²) in [6, 6.07) is 16.7. The summed E-state index contributed by atoms with van der Waals surface area (Å²) in [4.78, 5) is 23.6. The van der Waals surface area contributed by atoms with Crippen molar-refractivity contribution in [2.24, 2.45) is 0 Å². The van der Waals surface area contributed by atoms with Crippen LogP contribution >= 0.6 is 0 Å². The molecule has 0 heterocycles. The number of rotatable bonds is 4. The van der Waals surface area contributed by atoms with Crippen LogP contribution in [0.5, 0.6) is 0 Å². The minimum atomic E-state index is -0.320. The van der Waals surface area contributed by atoms with Gasteiger partial charge in [-0.1, -0.05) is 49.4 Å². The number of hydrogen-bond donors (Lipinski definition) is 2. The zero-order chi connectivity index (χ0) is 15.1. The van der Waals surface area contributed by atoms with Gasteiger partial charge in [-0.15, -0.1) is 0 Å². The van der Waals surface area contributed by atoms with Crippen molar-refractivity contribution in [3.05, 3.63) is 71.3 Å². The maximum atomic E-state index is 11.9. The summed E-state index contributed by atoms with van der Waals surface area (Å²) in [5.74, 6) is -0.571. The third-order valence-corrected chi connectivity index (χ3v) is 3.15. The molecule has 0 bridgehead atoms. The van der Waals surface area contributed by atoms with E-state index in [1.54, 1.807) is 12.1 Å². The molecule has 0 unspecified atom stereocenters. The number of hydrogen-bond acceptors (Lipinski definition) is 2. The lowest BCUT2D eigenvalue weighted by Crippen LogP contribution is -2.42. The first-order chi connectivity index (χ1) is 10.2. The Bertz CT molecular complexity index is 606. The second-order valence-corrected chi connectivity index (χ2v) is 4.72. The van der Waals surface area contributed by atoms with Gasteiger partial charge in [-0.2, -0.15) is 0 Å². The van der Waals surface area contributed by atoms with Crippen LogP contribution < -0.4 is 10.9 Å². The van der Waals surface area contributed by atoms with E-state index in [1.807, 2.05) is 42.5 Å². The van der Waals surface area contributed by atoms with E-state index in [1.165, 1.54) is 5.56 Å². The molecule has 0 spiro atoms. The molecule has 0 saturated carbocycles. The Hall–Kier alpha value is -2.62. The van der Waals surface area contributed by atoms with E-state index in [9.17, 15) is 9.59 Å². The highest BCUT2D eigenvalue weighted by Gasteiger charge is 2.07. The van der Waals surface area contributed by atoms with Gasteiger partial charge in [0.05, 0.1) is 6.42 Å². The second-order valence-electron chi connectivity index (χ2n) is 4.72. The number of hydrazine groups is 1. The Morgan fingerprint density at radius 1 is 0.857 bits per heavy atom. The Morgan fingerprint density at radius 3 is 2.14 bits per heavy atom. The first-order valence-electron chi connectivity index (χ1n) is 6.91.